The molecule has 2 heterocycles. The molecule has 170 valence electrons. The lowest BCUT2D eigenvalue weighted by molar-refractivity contribution is -0.384. The number of anilines is 1. The molecule has 1 atom stereocenters. The van der Waals surface area contributed by atoms with Crippen LogP contribution < -0.4 is 5.01 Å². The Bertz CT molecular complexity index is 1410. The summed E-state index contributed by atoms with van der Waals surface area (Å²) in [5.74, 6) is -0.306. The van der Waals surface area contributed by atoms with Crippen molar-refractivity contribution in [3.05, 3.63) is 110 Å². The van der Waals surface area contributed by atoms with Crippen molar-refractivity contribution in [3.63, 3.8) is 0 Å². The molecule has 0 bridgehead atoms. The molecule has 0 fully saturated rings. The van der Waals surface area contributed by atoms with Gasteiger partial charge in [0.2, 0.25) is 5.13 Å². The highest BCUT2D eigenvalue weighted by molar-refractivity contribution is 7.14. The van der Waals surface area contributed by atoms with Crippen LogP contribution in [0.15, 0.2) is 77.2 Å². The number of non-ortho nitro benzene ring substituents is 1. The summed E-state index contributed by atoms with van der Waals surface area (Å²) in [7, 11) is 0. The van der Waals surface area contributed by atoms with Crippen LogP contribution in [0.3, 0.4) is 0 Å². The fourth-order valence-corrected chi connectivity index (χ4v) is 4.93. The number of nitro groups is 1. The van der Waals surface area contributed by atoms with Crippen molar-refractivity contribution in [1.82, 2.24) is 4.98 Å². The highest BCUT2D eigenvalue weighted by Crippen LogP contribution is 2.40. The van der Waals surface area contributed by atoms with Gasteiger partial charge in [0, 0.05) is 35.1 Å². The maximum absolute atomic E-state index is 13.6. The number of hydrogen-bond donors (Lipinski definition) is 0. The summed E-state index contributed by atoms with van der Waals surface area (Å²) in [6.07, 6.45) is 0.519. The largest absolute Gasteiger partial charge is 0.270 e. The van der Waals surface area contributed by atoms with Crippen molar-refractivity contribution in [3.8, 4) is 11.3 Å². The molecule has 0 radical (unpaired) electrons. The molecule has 8 heteroatoms. The van der Waals surface area contributed by atoms with E-state index in [4.69, 9.17) is 10.1 Å². The number of benzene rings is 3. The topological polar surface area (TPSA) is 71.6 Å². The first-order valence-corrected chi connectivity index (χ1v) is 11.7. The van der Waals surface area contributed by atoms with Crippen molar-refractivity contribution in [2.45, 2.75) is 26.3 Å². The lowest BCUT2D eigenvalue weighted by atomic mass is 9.98. The van der Waals surface area contributed by atoms with Gasteiger partial charge in [-0.05, 0) is 43.2 Å². The van der Waals surface area contributed by atoms with Crippen LogP contribution in [-0.4, -0.2) is 15.6 Å². The van der Waals surface area contributed by atoms with E-state index in [0.29, 0.717) is 17.1 Å². The molecule has 1 aliphatic heterocycles. The number of aryl methyl sites for hydroxylation is 2. The fraction of sp³-hybridized carbons (Fsp3) is 0.154. The van der Waals surface area contributed by atoms with Crippen LogP contribution in [0.5, 0.6) is 0 Å². The molecule has 1 aliphatic rings. The van der Waals surface area contributed by atoms with Gasteiger partial charge in [-0.3, -0.25) is 10.1 Å². The van der Waals surface area contributed by atoms with Crippen LogP contribution in [0.4, 0.5) is 15.2 Å². The Morgan fingerprint density at radius 1 is 1.09 bits per heavy atom. The van der Waals surface area contributed by atoms with E-state index in [1.54, 1.807) is 18.2 Å². The van der Waals surface area contributed by atoms with Gasteiger partial charge in [0.25, 0.3) is 5.69 Å². The fourth-order valence-electron chi connectivity index (χ4n) is 4.11. The molecule has 0 aliphatic carbocycles. The number of hydrogen-bond acceptors (Lipinski definition) is 6. The SMILES string of the molecule is Cc1ccc(C)c(-c2csc(N3N=C(c4cccc([N+](=O)[O-])c4)C[C@H]3c3ccc(F)cc3)n2)c1. The number of thiazole rings is 1. The number of rotatable bonds is 5. The molecule has 34 heavy (non-hydrogen) atoms. The molecular formula is C26H21FN4O2S. The minimum Gasteiger partial charge on any atom is -0.258 e. The normalized spacial score (nSPS) is 15.4. The predicted molar refractivity (Wildman–Crippen MR) is 133 cm³/mol. The number of hydrazone groups is 1. The van der Waals surface area contributed by atoms with E-state index < -0.39 is 4.92 Å². The van der Waals surface area contributed by atoms with Crippen molar-refractivity contribution in [2.75, 3.05) is 5.01 Å². The molecule has 6 nitrogen and oxygen atoms in total. The quantitative estimate of drug-likeness (QED) is 0.236. The molecule has 0 N–H and O–H groups in total. The van der Waals surface area contributed by atoms with Gasteiger partial charge in [0.1, 0.15) is 5.82 Å². The maximum Gasteiger partial charge on any atom is 0.270 e. The van der Waals surface area contributed by atoms with Gasteiger partial charge in [-0.25, -0.2) is 14.4 Å². The van der Waals surface area contributed by atoms with Gasteiger partial charge in [0.05, 0.1) is 22.4 Å². The lowest BCUT2D eigenvalue weighted by Crippen LogP contribution is -2.18. The van der Waals surface area contributed by atoms with Gasteiger partial charge in [0.15, 0.2) is 0 Å². The third kappa shape index (κ3) is 4.20. The maximum atomic E-state index is 13.6. The third-order valence-electron chi connectivity index (χ3n) is 5.91. The summed E-state index contributed by atoms with van der Waals surface area (Å²) in [5, 5.41) is 20.7. The smallest absolute Gasteiger partial charge is 0.258 e. The summed E-state index contributed by atoms with van der Waals surface area (Å²) in [4.78, 5) is 15.7. The zero-order valence-electron chi connectivity index (χ0n) is 18.6. The van der Waals surface area contributed by atoms with E-state index in [0.717, 1.165) is 33.7 Å². The van der Waals surface area contributed by atoms with E-state index in [9.17, 15) is 14.5 Å². The molecule has 3 aromatic carbocycles. The summed E-state index contributed by atoms with van der Waals surface area (Å²) < 4.78 is 13.6. The van der Waals surface area contributed by atoms with Crippen LogP contribution in [-0.2, 0) is 0 Å². The van der Waals surface area contributed by atoms with Gasteiger partial charge < -0.3 is 0 Å². The van der Waals surface area contributed by atoms with E-state index in [2.05, 4.69) is 32.0 Å². The molecule has 0 saturated carbocycles. The summed E-state index contributed by atoms with van der Waals surface area (Å²) in [5.41, 5.74) is 6.57. The molecule has 5 rings (SSSR count). The van der Waals surface area contributed by atoms with Crippen LogP contribution in [0.1, 0.15) is 34.7 Å². The molecule has 0 spiro atoms. The highest BCUT2D eigenvalue weighted by Gasteiger charge is 2.32. The van der Waals surface area contributed by atoms with Crippen molar-refractivity contribution in [1.29, 1.82) is 0 Å². The Balaban J connectivity index is 1.56. The number of nitro benzene ring substituents is 1. The molecule has 0 saturated heterocycles. The average Bonchev–Trinajstić information content (AvgIpc) is 3.49. The van der Waals surface area contributed by atoms with E-state index in [1.165, 1.54) is 35.6 Å². The monoisotopic (exact) mass is 472 g/mol. The Kier molecular flexibility index (Phi) is 5.67. The second-order valence-electron chi connectivity index (χ2n) is 8.30. The minimum atomic E-state index is -0.411. The van der Waals surface area contributed by atoms with Crippen molar-refractivity contribution in [2.24, 2.45) is 5.10 Å². The van der Waals surface area contributed by atoms with Gasteiger partial charge >= 0.3 is 0 Å². The first kappa shape index (κ1) is 21.9. The Morgan fingerprint density at radius 2 is 1.88 bits per heavy atom. The predicted octanol–water partition coefficient (Wildman–Crippen LogP) is 6.83. The molecule has 4 aromatic rings. The standard InChI is InChI=1S/C26H21FN4O2S/c1-16-6-7-17(2)22(12-16)24-15-34-26(28-24)30-25(18-8-10-20(27)11-9-18)14-23(29-30)19-4-3-5-21(13-19)31(32)33/h3-13,15,25H,14H2,1-2H3/t25-/m0/s1. The Labute approximate surface area is 200 Å². The average molecular weight is 473 g/mol. The zero-order valence-corrected chi connectivity index (χ0v) is 19.4. The van der Waals surface area contributed by atoms with Gasteiger partial charge in [-0.1, -0.05) is 42.0 Å². The molecule has 1 aromatic heterocycles. The number of halogens is 1. The van der Waals surface area contributed by atoms with E-state index >= 15 is 0 Å². The summed E-state index contributed by atoms with van der Waals surface area (Å²) >= 11 is 1.49. The van der Waals surface area contributed by atoms with Crippen molar-refractivity contribution >= 4 is 27.9 Å². The number of nitrogens with zero attached hydrogens (tertiary/aromatic N) is 4. The second-order valence-corrected chi connectivity index (χ2v) is 9.14. The molecule has 0 unspecified atom stereocenters. The zero-order chi connectivity index (χ0) is 23.8. The van der Waals surface area contributed by atoms with Crippen LogP contribution >= 0.6 is 11.3 Å². The van der Waals surface area contributed by atoms with E-state index in [-0.39, 0.29) is 17.5 Å². The Morgan fingerprint density at radius 3 is 2.65 bits per heavy atom. The third-order valence-corrected chi connectivity index (χ3v) is 6.74. The molecular weight excluding hydrogens is 451 g/mol. The second kappa shape index (κ2) is 8.79. The summed E-state index contributed by atoms with van der Waals surface area (Å²) in [6, 6.07) is 18.9. The van der Waals surface area contributed by atoms with Crippen LogP contribution in [0.25, 0.3) is 11.3 Å². The summed E-state index contributed by atoms with van der Waals surface area (Å²) in [6.45, 7) is 4.11. The van der Waals surface area contributed by atoms with Gasteiger partial charge in [-0.15, -0.1) is 11.3 Å². The van der Waals surface area contributed by atoms with Crippen LogP contribution in [0.2, 0.25) is 0 Å². The van der Waals surface area contributed by atoms with E-state index in [1.807, 2.05) is 16.5 Å². The van der Waals surface area contributed by atoms with Crippen molar-refractivity contribution < 1.29 is 9.31 Å². The lowest BCUT2D eigenvalue weighted by Gasteiger charge is -2.21. The van der Waals surface area contributed by atoms with Crippen LogP contribution in [0, 0.1) is 29.8 Å². The highest BCUT2D eigenvalue weighted by atomic mass is 32.1. The minimum absolute atomic E-state index is 0.0171. The number of aromatic nitrogens is 1. The first-order chi connectivity index (χ1) is 16.4. The molecule has 0 amide bonds. The Hall–Kier alpha value is -3.91. The first-order valence-electron chi connectivity index (χ1n) is 10.8. The van der Waals surface area contributed by atoms with Gasteiger partial charge in [-0.2, -0.15) is 5.10 Å².